The fourth-order valence-electron chi connectivity index (χ4n) is 1.70. The van der Waals surface area contributed by atoms with E-state index < -0.39 is 11.7 Å². The Morgan fingerprint density at radius 3 is 2.91 bits per heavy atom. The van der Waals surface area contributed by atoms with E-state index >= 15 is 0 Å². The van der Waals surface area contributed by atoms with E-state index in [4.69, 9.17) is 16.3 Å². The van der Waals surface area contributed by atoms with Crippen LogP contribution in [0.5, 0.6) is 5.75 Å². The molecule has 7 heteroatoms. The molecular formula is C16H13BrClFN2O2. The zero-order valence-electron chi connectivity index (χ0n) is 12.1. The Bertz CT molecular complexity index is 733. The maximum Gasteiger partial charge on any atom is 0.277 e. The Morgan fingerprint density at radius 1 is 1.43 bits per heavy atom. The van der Waals surface area contributed by atoms with Gasteiger partial charge in [-0.1, -0.05) is 23.7 Å². The second-order valence-electron chi connectivity index (χ2n) is 4.65. The standard InChI is InChI=1S/C16H13BrClFN2O2/c1-10-5-6-15(12(17)7-10)23-9-16(22)21-20-8-11-13(18)3-2-4-14(11)19/h2-8H,9H2,1H3,(H,21,22)/b20-8-. The lowest BCUT2D eigenvalue weighted by Gasteiger charge is -2.07. The van der Waals surface area contributed by atoms with Gasteiger partial charge in [-0.3, -0.25) is 4.79 Å². The highest BCUT2D eigenvalue weighted by atomic mass is 79.9. The molecule has 0 atom stereocenters. The van der Waals surface area contributed by atoms with Crippen LogP contribution < -0.4 is 10.2 Å². The van der Waals surface area contributed by atoms with Crippen molar-refractivity contribution in [1.29, 1.82) is 0 Å². The fraction of sp³-hybridized carbons (Fsp3) is 0.125. The van der Waals surface area contributed by atoms with E-state index in [0.717, 1.165) is 16.3 Å². The summed E-state index contributed by atoms with van der Waals surface area (Å²) in [5.41, 5.74) is 3.43. The van der Waals surface area contributed by atoms with Gasteiger partial charge in [-0.25, -0.2) is 9.82 Å². The van der Waals surface area contributed by atoms with Crippen molar-refractivity contribution in [3.05, 3.63) is 62.8 Å². The minimum atomic E-state index is -0.518. The number of rotatable bonds is 5. The summed E-state index contributed by atoms with van der Waals surface area (Å²) in [5, 5.41) is 3.88. The van der Waals surface area contributed by atoms with E-state index in [2.05, 4.69) is 26.5 Å². The number of hydrazone groups is 1. The van der Waals surface area contributed by atoms with Gasteiger partial charge in [0, 0.05) is 5.56 Å². The Labute approximate surface area is 146 Å². The summed E-state index contributed by atoms with van der Waals surface area (Å²) in [6.45, 7) is 1.73. The van der Waals surface area contributed by atoms with E-state index in [1.54, 1.807) is 6.07 Å². The van der Waals surface area contributed by atoms with Crippen molar-refractivity contribution in [1.82, 2.24) is 5.43 Å². The first-order chi connectivity index (χ1) is 11.0. The first-order valence-electron chi connectivity index (χ1n) is 6.62. The number of halogens is 3. The molecule has 0 heterocycles. The molecule has 120 valence electrons. The minimum absolute atomic E-state index is 0.108. The fourth-order valence-corrected chi connectivity index (χ4v) is 2.52. The number of nitrogens with zero attached hydrogens (tertiary/aromatic N) is 1. The van der Waals surface area contributed by atoms with Gasteiger partial charge in [-0.2, -0.15) is 5.10 Å². The van der Waals surface area contributed by atoms with Crippen LogP contribution in [0.3, 0.4) is 0 Å². The Hall–Kier alpha value is -1.92. The number of hydrogen-bond acceptors (Lipinski definition) is 3. The topological polar surface area (TPSA) is 50.7 Å². The number of carbonyl (C=O) groups is 1. The second-order valence-corrected chi connectivity index (χ2v) is 5.91. The highest BCUT2D eigenvalue weighted by Gasteiger charge is 2.06. The van der Waals surface area contributed by atoms with E-state index in [1.165, 1.54) is 18.2 Å². The van der Waals surface area contributed by atoms with E-state index in [0.29, 0.717) is 5.75 Å². The predicted molar refractivity (Wildman–Crippen MR) is 91.5 cm³/mol. The molecule has 0 aliphatic rings. The van der Waals surface area contributed by atoms with Gasteiger partial charge in [0.25, 0.3) is 5.91 Å². The van der Waals surface area contributed by atoms with Crippen molar-refractivity contribution in [2.75, 3.05) is 6.61 Å². The van der Waals surface area contributed by atoms with Crippen LogP contribution in [-0.4, -0.2) is 18.7 Å². The summed E-state index contributed by atoms with van der Waals surface area (Å²) in [5.74, 6) is -0.441. The van der Waals surface area contributed by atoms with Gasteiger partial charge in [0.2, 0.25) is 0 Å². The molecule has 0 unspecified atom stereocenters. The maximum absolute atomic E-state index is 13.5. The molecule has 0 saturated carbocycles. The van der Waals surface area contributed by atoms with Crippen molar-refractivity contribution >= 4 is 39.7 Å². The van der Waals surface area contributed by atoms with Crippen LogP contribution in [0.1, 0.15) is 11.1 Å². The third kappa shape index (κ3) is 5.04. The Morgan fingerprint density at radius 2 is 2.22 bits per heavy atom. The lowest BCUT2D eigenvalue weighted by atomic mass is 10.2. The summed E-state index contributed by atoms with van der Waals surface area (Å²) in [6.07, 6.45) is 1.15. The Kier molecular flexibility index (Phi) is 6.12. The minimum Gasteiger partial charge on any atom is -0.483 e. The average Bonchev–Trinajstić information content (AvgIpc) is 2.49. The first kappa shape index (κ1) is 17.4. The number of aryl methyl sites for hydroxylation is 1. The smallest absolute Gasteiger partial charge is 0.277 e. The van der Waals surface area contributed by atoms with Crippen LogP contribution in [-0.2, 0) is 4.79 Å². The molecule has 2 aromatic rings. The van der Waals surface area contributed by atoms with Gasteiger partial charge in [-0.05, 0) is 52.7 Å². The highest BCUT2D eigenvalue weighted by Crippen LogP contribution is 2.25. The SMILES string of the molecule is Cc1ccc(OCC(=O)N/N=C\c2c(F)cccc2Cl)c(Br)c1. The van der Waals surface area contributed by atoms with Crippen molar-refractivity contribution in [3.8, 4) is 5.75 Å². The third-order valence-corrected chi connectivity index (χ3v) is 3.78. The van der Waals surface area contributed by atoms with Crippen molar-refractivity contribution < 1.29 is 13.9 Å². The second kappa shape index (κ2) is 8.08. The summed E-state index contributed by atoms with van der Waals surface area (Å²) in [6, 6.07) is 9.79. The van der Waals surface area contributed by atoms with Gasteiger partial charge in [-0.15, -0.1) is 0 Å². The summed E-state index contributed by atoms with van der Waals surface area (Å²) < 4.78 is 19.6. The van der Waals surface area contributed by atoms with Gasteiger partial charge in [0.15, 0.2) is 6.61 Å². The molecule has 0 saturated heterocycles. The number of amides is 1. The van der Waals surface area contributed by atoms with Crippen molar-refractivity contribution in [3.63, 3.8) is 0 Å². The summed E-state index contributed by atoms with van der Waals surface area (Å²) >= 11 is 9.20. The molecule has 0 radical (unpaired) electrons. The van der Waals surface area contributed by atoms with Gasteiger partial charge in [0.1, 0.15) is 11.6 Å². The quantitative estimate of drug-likeness (QED) is 0.608. The van der Waals surface area contributed by atoms with Crippen LogP contribution in [0.4, 0.5) is 4.39 Å². The number of hydrogen-bond donors (Lipinski definition) is 1. The molecule has 23 heavy (non-hydrogen) atoms. The highest BCUT2D eigenvalue weighted by molar-refractivity contribution is 9.10. The molecule has 0 aliphatic carbocycles. The van der Waals surface area contributed by atoms with E-state index in [9.17, 15) is 9.18 Å². The van der Waals surface area contributed by atoms with Crippen LogP contribution in [0.2, 0.25) is 5.02 Å². The maximum atomic E-state index is 13.5. The molecule has 0 bridgehead atoms. The molecule has 0 aliphatic heterocycles. The van der Waals surface area contributed by atoms with Crippen molar-refractivity contribution in [2.24, 2.45) is 5.10 Å². The molecule has 2 aromatic carbocycles. The molecule has 0 fully saturated rings. The number of nitrogens with one attached hydrogen (secondary N) is 1. The largest absolute Gasteiger partial charge is 0.483 e. The van der Waals surface area contributed by atoms with E-state index in [-0.39, 0.29) is 17.2 Å². The normalized spacial score (nSPS) is 10.8. The molecule has 1 amide bonds. The predicted octanol–water partition coefficient (Wildman–Crippen LogP) is 4.08. The van der Waals surface area contributed by atoms with Gasteiger partial charge in [0.05, 0.1) is 15.7 Å². The molecule has 1 N–H and O–H groups in total. The lowest BCUT2D eigenvalue weighted by Crippen LogP contribution is -2.24. The zero-order chi connectivity index (χ0) is 16.8. The Balaban J connectivity index is 1.89. The number of carbonyl (C=O) groups excluding carboxylic acids is 1. The average molecular weight is 400 g/mol. The van der Waals surface area contributed by atoms with Gasteiger partial charge >= 0.3 is 0 Å². The van der Waals surface area contributed by atoms with Gasteiger partial charge < -0.3 is 4.74 Å². The van der Waals surface area contributed by atoms with Crippen LogP contribution in [0.25, 0.3) is 0 Å². The monoisotopic (exact) mass is 398 g/mol. The molecular weight excluding hydrogens is 387 g/mol. The number of ether oxygens (including phenoxy) is 1. The zero-order valence-corrected chi connectivity index (χ0v) is 14.5. The first-order valence-corrected chi connectivity index (χ1v) is 7.79. The summed E-state index contributed by atoms with van der Waals surface area (Å²) in [4.78, 5) is 11.7. The summed E-state index contributed by atoms with van der Waals surface area (Å²) in [7, 11) is 0. The van der Waals surface area contributed by atoms with Crippen LogP contribution >= 0.6 is 27.5 Å². The third-order valence-electron chi connectivity index (χ3n) is 2.83. The van der Waals surface area contributed by atoms with Crippen LogP contribution in [0, 0.1) is 12.7 Å². The molecule has 4 nitrogen and oxygen atoms in total. The number of benzene rings is 2. The van der Waals surface area contributed by atoms with E-state index in [1.807, 2.05) is 19.1 Å². The molecule has 0 spiro atoms. The van der Waals surface area contributed by atoms with Crippen molar-refractivity contribution in [2.45, 2.75) is 6.92 Å². The van der Waals surface area contributed by atoms with Crippen LogP contribution in [0.15, 0.2) is 46.0 Å². The molecule has 0 aromatic heterocycles. The lowest BCUT2D eigenvalue weighted by molar-refractivity contribution is -0.123. The molecule has 2 rings (SSSR count).